The van der Waals surface area contributed by atoms with Crippen LogP contribution in [0.3, 0.4) is 0 Å². The van der Waals surface area contributed by atoms with Crippen LogP contribution < -0.4 is 11.1 Å². The van der Waals surface area contributed by atoms with Crippen LogP contribution in [0.2, 0.25) is 5.02 Å². The van der Waals surface area contributed by atoms with Gasteiger partial charge in [0.25, 0.3) is 0 Å². The van der Waals surface area contributed by atoms with Gasteiger partial charge in [-0.3, -0.25) is 4.98 Å². The summed E-state index contributed by atoms with van der Waals surface area (Å²) in [5.41, 5.74) is 4.10. The van der Waals surface area contributed by atoms with E-state index in [2.05, 4.69) is 34.6 Å². The minimum absolute atomic E-state index is 0.381. The highest BCUT2D eigenvalue weighted by Crippen LogP contribution is 2.33. The monoisotopic (exact) mass is 384 g/mol. The lowest BCUT2D eigenvalue weighted by Gasteiger charge is -2.29. The maximum absolute atomic E-state index is 11.3. The number of hydrogen-bond acceptors (Lipinski definition) is 3. The molecule has 3 aromatic rings. The number of rotatable bonds is 6. The van der Waals surface area contributed by atoms with E-state index in [-0.39, 0.29) is 5.76 Å². The SMILES string of the molecule is O=c1[nH]c2cc(C3CCC(NCCCc4ccc(Cl)cc4)CC3)ccc2o1. The molecular formula is C22H25ClN2O2. The molecule has 142 valence electrons. The summed E-state index contributed by atoms with van der Waals surface area (Å²) in [6.07, 6.45) is 7.00. The first-order chi connectivity index (χ1) is 13.2. The maximum Gasteiger partial charge on any atom is 0.417 e. The molecule has 1 fully saturated rings. The van der Waals surface area contributed by atoms with Crippen molar-refractivity contribution in [3.8, 4) is 0 Å². The number of nitrogens with one attached hydrogen (secondary N) is 2. The molecule has 5 heteroatoms. The van der Waals surface area contributed by atoms with E-state index < -0.39 is 0 Å². The van der Waals surface area contributed by atoms with Crippen molar-refractivity contribution in [3.63, 3.8) is 0 Å². The normalized spacial score (nSPS) is 20.2. The third-order valence-corrected chi connectivity index (χ3v) is 5.88. The molecule has 2 aromatic carbocycles. The average molecular weight is 385 g/mol. The summed E-state index contributed by atoms with van der Waals surface area (Å²) >= 11 is 5.93. The number of halogens is 1. The summed E-state index contributed by atoms with van der Waals surface area (Å²) in [6.45, 7) is 1.06. The highest BCUT2D eigenvalue weighted by molar-refractivity contribution is 6.30. The zero-order chi connectivity index (χ0) is 18.6. The third-order valence-electron chi connectivity index (χ3n) is 5.63. The van der Waals surface area contributed by atoms with Gasteiger partial charge in [-0.05, 0) is 86.4 Å². The summed E-state index contributed by atoms with van der Waals surface area (Å²) < 4.78 is 5.09. The van der Waals surface area contributed by atoms with E-state index in [9.17, 15) is 4.79 Å². The smallest absolute Gasteiger partial charge is 0.408 e. The largest absolute Gasteiger partial charge is 0.417 e. The van der Waals surface area contributed by atoms with Gasteiger partial charge in [0.15, 0.2) is 5.58 Å². The Hall–Kier alpha value is -2.04. The predicted octanol–water partition coefficient (Wildman–Crippen LogP) is 5.02. The van der Waals surface area contributed by atoms with Gasteiger partial charge in [0.05, 0.1) is 5.52 Å². The molecule has 0 amide bonds. The number of benzene rings is 2. The zero-order valence-corrected chi connectivity index (χ0v) is 16.1. The number of aromatic nitrogens is 1. The van der Waals surface area contributed by atoms with E-state index in [1.807, 2.05) is 18.2 Å². The van der Waals surface area contributed by atoms with E-state index in [4.69, 9.17) is 16.0 Å². The van der Waals surface area contributed by atoms with E-state index in [1.165, 1.54) is 36.8 Å². The first-order valence-electron chi connectivity index (χ1n) is 9.78. The van der Waals surface area contributed by atoms with Gasteiger partial charge < -0.3 is 9.73 Å². The number of aryl methyl sites for hydroxylation is 1. The minimum atomic E-state index is -0.381. The fourth-order valence-corrected chi connectivity index (χ4v) is 4.23. The Morgan fingerprint density at radius 3 is 2.63 bits per heavy atom. The zero-order valence-electron chi connectivity index (χ0n) is 15.3. The average Bonchev–Trinajstić information content (AvgIpc) is 3.06. The molecular weight excluding hydrogens is 360 g/mol. The van der Waals surface area contributed by atoms with Gasteiger partial charge in [0, 0.05) is 11.1 Å². The van der Waals surface area contributed by atoms with Gasteiger partial charge in [-0.25, -0.2) is 4.79 Å². The number of oxazole rings is 1. The third kappa shape index (κ3) is 4.63. The Labute approximate surface area is 163 Å². The number of H-pyrrole nitrogens is 1. The van der Waals surface area contributed by atoms with Crippen molar-refractivity contribution in [3.05, 3.63) is 69.2 Å². The Morgan fingerprint density at radius 1 is 1.07 bits per heavy atom. The second-order valence-electron chi connectivity index (χ2n) is 7.50. The van der Waals surface area contributed by atoms with Crippen LogP contribution in [0.25, 0.3) is 11.1 Å². The van der Waals surface area contributed by atoms with Gasteiger partial charge in [-0.15, -0.1) is 0 Å². The van der Waals surface area contributed by atoms with Crippen LogP contribution in [0.5, 0.6) is 0 Å². The van der Waals surface area contributed by atoms with Crippen LogP contribution in [-0.4, -0.2) is 17.6 Å². The van der Waals surface area contributed by atoms with Crippen molar-refractivity contribution in [2.24, 2.45) is 0 Å². The van der Waals surface area contributed by atoms with E-state index >= 15 is 0 Å². The summed E-state index contributed by atoms with van der Waals surface area (Å²) in [6, 6.07) is 14.8. The number of hydrogen-bond donors (Lipinski definition) is 2. The lowest BCUT2D eigenvalue weighted by atomic mass is 9.81. The fourth-order valence-electron chi connectivity index (χ4n) is 4.10. The summed E-state index contributed by atoms with van der Waals surface area (Å²) in [4.78, 5) is 14.1. The molecule has 1 saturated carbocycles. The molecule has 1 aliphatic rings. The van der Waals surface area contributed by atoms with E-state index in [1.54, 1.807) is 0 Å². The van der Waals surface area contributed by atoms with Gasteiger partial charge in [0.2, 0.25) is 0 Å². The predicted molar refractivity (Wildman–Crippen MR) is 110 cm³/mol. The van der Waals surface area contributed by atoms with Crippen LogP contribution >= 0.6 is 11.6 Å². The van der Waals surface area contributed by atoms with Crippen molar-refractivity contribution in [2.45, 2.75) is 50.5 Å². The molecule has 27 heavy (non-hydrogen) atoms. The molecule has 4 nitrogen and oxygen atoms in total. The van der Waals surface area contributed by atoms with Crippen molar-refractivity contribution in [1.82, 2.24) is 10.3 Å². The van der Waals surface area contributed by atoms with Gasteiger partial charge in [0.1, 0.15) is 0 Å². The molecule has 0 unspecified atom stereocenters. The molecule has 0 bridgehead atoms. The summed E-state index contributed by atoms with van der Waals surface area (Å²) in [5, 5.41) is 4.52. The highest BCUT2D eigenvalue weighted by Gasteiger charge is 2.22. The second kappa shape index (κ2) is 8.32. The Bertz CT molecular complexity index is 937. The van der Waals surface area contributed by atoms with Crippen molar-refractivity contribution < 1.29 is 4.42 Å². The molecule has 2 N–H and O–H groups in total. The Balaban J connectivity index is 1.22. The van der Waals surface area contributed by atoms with Crippen LogP contribution in [0.4, 0.5) is 0 Å². The highest BCUT2D eigenvalue weighted by atomic mass is 35.5. The lowest BCUT2D eigenvalue weighted by molar-refractivity contribution is 0.342. The Morgan fingerprint density at radius 2 is 1.85 bits per heavy atom. The molecule has 1 aliphatic carbocycles. The van der Waals surface area contributed by atoms with Crippen LogP contribution in [0, 0.1) is 0 Å². The van der Waals surface area contributed by atoms with Gasteiger partial charge >= 0.3 is 5.76 Å². The standard InChI is InChI=1S/C22H25ClN2O2/c23-18-8-3-15(4-9-18)2-1-13-24-19-10-5-16(6-11-19)17-7-12-21-20(14-17)25-22(26)27-21/h3-4,7-9,12,14,16,19,24H,1-2,5-6,10-11,13H2,(H,25,26). The summed E-state index contributed by atoms with van der Waals surface area (Å²) in [5.74, 6) is 0.188. The topological polar surface area (TPSA) is 58.0 Å². The summed E-state index contributed by atoms with van der Waals surface area (Å²) in [7, 11) is 0. The fraction of sp³-hybridized carbons (Fsp3) is 0.409. The van der Waals surface area contributed by atoms with Crippen molar-refractivity contribution in [2.75, 3.05) is 6.54 Å². The molecule has 0 aliphatic heterocycles. The van der Waals surface area contributed by atoms with Gasteiger partial charge in [-0.1, -0.05) is 29.8 Å². The van der Waals surface area contributed by atoms with Crippen LogP contribution in [-0.2, 0) is 6.42 Å². The molecule has 4 rings (SSSR count). The number of fused-ring (bicyclic) bond motifs is 1. The van der Waals surface area contributed by atoms with Crippen molar-refractivity contribution >= 4 is 22.7 Å². The lowest BCUT2D eigenvalue weighted by Crippen LogP contribution is -2.33. The second-order valence-corrected chi connectivity index (χ2v) is 7.94. The molecule has 1 heterocycles. The first-order valence-corrected chi connectivity index (χ1v) is 10.2. The molecule has 0 radical (unpaired) electrons. The van der Waals surface area contributed by atoms with E-state index in [0.29, 0.717) is 17.5 Å². The molecule has 0 atom stereocenters. The minimum Gasteiger partial charge on any atom is -0.408 e. The molecule has 1 aromatic heterocycles. The van der Waals surface area contributed by atoms with Gasteiger partial charge in [-0.2, -0.15) is 0 Å². The van der Waals surface area contributed by atoms with Crippen LogP contribution in [0.15, 0.2) is 51.7 Å². The van der Waals surface area contributed by atoms with Crippen molar-refractivity contribution in [1.29, 1.82) is 0 Å². The number of aromatic amines is 1. The Kier molecular flexibility index (Phi) is 5.65. The maximum atomic E-state index is 11.3. The first kappa shape index (κ1) is 18.3. The quantitative estimate of drug-likeness (QED) is 0.586. The van der Waals surface area contributed by atoms with Crippen LogP contribution in [0.1, 0.15) is 49.1 Å². The molecule has 0 spiro atoms. The molecule has 0 saturated heterocycles. The van der Waals surface area contributed by atoms with E-state index in [0.717, 1.165) is 29.9 Å².